The minimum atomic E-state index is -1.03. The highest BCUT2D eigenvalue weighted by molar-refractivity contribution is 8.00. The Hall–Kier alpha value is -2.14. The van der Waals surface area contributed by atoms with E-state index in [1.54, 1.807) is 13.0 Å². The molecule has 2 aromatic rings. The molecule has 0 atom stereocenters. The van der Waals surface area contributed by atoms with Gasteiger partial charge in [-0.25, -0.2) is 9.78 Å². The number of aromatic nitrogens is 1. The first-order chi connectivity index (χ1) is 10.4. The lowest BCUT2D eigenvalue weighted by atomic mass is 10.0. The Balaban J connectivity index is 2.18. The second-order valence-corrected chi connectivity index (χ2v) is 6.10. The number of thioether (sulfide) groups is 1. The lowest BCUT2D eigenvalue weighted by molar-refractivity contribution is 0.0692. The Morgan fingerprint density at radius 2 is 1.77 bits per heavy atom. The summed E-state index contributed by atoms with van der Waals surface area (Å²) in [7, 11) is 0. The first kappa shape index (κ1) is 16.2. The molecule has 0 radical (unpaired) electrons. The maximum absolute atomic E-state index is 12.3. The summed E-state index contributed by atoms with van der Waals surface area (Å²) in [6, 6.07) is 8.85. The molecule has 4 nitrogen and oxygen atoms in total. The van der Waals surface area contributed by atoms with Gasteiger partial charge in [-0.2, -0.15) is 0 Å². The predicted octanol–water partition coefficient (Wildman–Crippen LogP) is 3.68. The van der Waals surface area contributed by atoms with Crippen LogP contribution in [0.15, 0.2) is 35.4 Å². The number of carbonyl (C=O) groups is 2. The number of rotatable bonds is 5. The number of Topliss-reactive ketones (excluding diaryl/α,β-unsaturated/α-hetero) is 1. The molecule has 0 saturated heterocycles. The van der Waals surface area contributed by atoms with E-state index in [-0.39, 0.29) is 17.1 Å². The average Bonchev–Trinajstić information content (AvgIpc) is 2.44. The maximum atomic E-state index is 12.3. The number of hydrogen-bond donors (Lipinski definition) is 1. The molecule has 5 heteroatoms. The molecule has 0 aliphatic heterocycles. The third kappa shape index (κ3) is 3.74. The minimum Gasteiger partial charge on any atom is -0.478 e. The van der Waals surface area contributed by atoms with Crippen molar-refractivity contribution in [1.29, 1.82) is 0 Å². The van der Waals surface area contributed by atoms with Gasteiger partial charge in [-0.05, 0) is 38.5 Å². The molecule has 1 N–H and O–H groups in total. The van der Waals surface area contributed by atoms with Crippen molar-refractivity contribution < 1.29 is 14.7 Å². The van der Waals surface area contributed by atoms with E-state index in [0.717, 1.165) is 28.6 Å². The van der Waals surface area contributed by atoms with Crippen LogP contribution in [0.4, 0.5) is 0 Å². The van der Waals surface area contributed by atoms with Crippen LogP contribution in [0, 0.1) is 20.8 Å². The molecule has 0 spiro atoms. The van der Waals surface area contributed by atoms with Crippen LogP contribution >= 0.6 is 11.8 Å². The molecule has 0 aliphatic carbocycles. The van der Waals surface area contributed by atoms with Gasteiger partial charge in [0.1, 0.15) is 5.03 Å². The van der Waals surface area contributed by atoms with E-state index < -0.39 is 5.97 Å². The van der Waals surface area contributed by atoms with Crippen LogP contribution in [0.2, 0.25) is 0 Å². The van der Waals surface area contributed by atoms with E-state index in [4.69, 9.17) is 0 Å². The first-order valence-electron chi connectivity index (χ1n) is 6.82. The summed E-state index contributed by atoms with van der Waals surface area (Å²) in [4.78, 5) is 27.7. The van der Waals surface area contributed by atoms with Crippen molar-refractivity contribution in [3.05, 3.63) is 58.3 Å². The van der Waals surface area contributed by atoms with Crippen molar-refractivity contribution in [2.45, 2.75) is 25.8 Å². The van der Waals surface area contributed by atoms with Crippen molar-refractivity contribution in [3.8, 4) is 0 Å². The third-order valence-corrected chi connectivity index (χ3v) is 4.24. The third-order valence-electron chi connectivity index (χ3n) is 3.25. The van der Waals surface area contributed by atoms with Gasteiger partial charge in [0.2, 0.25) is 0 Å². The molecular formula is C17H17NO3S. The average molecular weight is 315 g/mol. The van der Waals surface area contributed by atoms with Gasteiger partial charge < -0.3 is 5.11 Å². The van der Waals surface area contributed by atoms with Crippen molar-refractivity contribution in [2.75, 3.05) is 5.75 Å². The molecule has 0 unspecified atom stereocenters. The van der Waals surface area contributed by atoms with E-state index >= 15 is 0 Å². The zero-order valence-corrected chi connectivity index (χ0v) is 13.5. The Morgan fingerprint density at radius 3 is 2.41 bits per heavy atom. The molecular weight excluding hydrogens is 298 g/mol. The minimum absolute atomic E-state index is 0.0258. The van der Waals surface area contributed by atoms with Gasteiger partial charge in [-0.1, -0.05) is 35.5 Å². The molecule has 1 aromatic heterocycles. The molecule has 0 aliphatic rings. The van der Waals surface area contributed by atoms with Gasteiger partial charge in [0.05, 0.1) is 11.3 Å². The highest BCUT2D eigenvalue weighted by atomic mass is 32.2. The number of nitrogens with zero attached hydrogens (tertiary/aromatic N) is 1. The zero-order valence-electron chi connectivity index (χ0n) is 12.7. The lowest BCUT2D eigenvalue weighted by Crippen LogP contribution is -2.07. The Kier molecular flexibility index (Phi) is 4.98. The summed E-state index contributed by atoms with van der Waals surface area (Å²) in [6.45, 7) is 5.67. The highest BCUT2D eigenvalue weighted by Gasteiger charge is 2.15. The Morgan fingerprint density at radius 1 is 1.09 bits per heavy atom. The summed E-state index contributed by atoms with van der Waals surface area (Å²) in [5.41, 5.74) is 3.56. The van der Waals surface area contributed by atoms with E-state index in [1.807, 2.05) is 32.0 Å². The topological polar surface area (TPSA) is 67.3 Å². The van der Waals surface area contributed by atoms with Crippen LogP contribution in [0.3, 0.4) is 0 Å². The molecule has 114 valence electrons. The molecule has 1 aromatic carbocycles. The fourth-order valence-electron chi connectivity index (χ4n) is 2.14. The number of hydrogen-bond acceptors (Lipinski definition) is 4. The molecule has 22 heavy (non-hydrogen) atoms. The number of pyridine rings is 1. The second-order valence-electron chi connectivity index (χ2n) is 5.14. The van der Waals surface area contributed by atoms with Gasteiger partial charge >= 0.3 is 5.97 Å². The van der Waals surface area contributed by atoms with Gasteiger partial charge in [0.25, 0.3) is 0 Å². The van der Waals surface area contributed by atoms with Crippen molar-refractivity contribution in [1.82, 2.24) is 4.98 Å². The van der Waals surface area contributed by atoms with Crippen LogP contribution in [0.5, 0.6) is 0 Å². The predicted molar refractivity (Wildman–Crippen MR) is 86.9 cm³/mol. The number of aryl methyl sites for hydroxylation is 3. The second kappa shape index (κ2) is 6.75. The van der Waals surface area contributed by atoms with Crippen LogP contribution in [0.1, 0.15) is 37.5 Å². The highest BCUT2D eigenvalue weighted by Crippen LogP contribution is 2.23. The number of carboxylic acids is 1. The van der Waals surface area contributed by atoms with E-state index in [0.29, 0.717) is 10.6 Å². The largest absolute Gasteiger partial charge is 0.478 e. The summed E-state index contributed by atoms with van der Waals surface area (Å²) < 4.78 is 0. The van der Waals surface area contributed by atoms with Crippen LogP contribution in [0.25, 0.3) is 0 Å². The van der Waals surface area contributed by atoms with Crippen molar-refractivity contribution in [3.63, 3.8) is 0 Å². The quantitative estimate of drug-likeness (QED) is 0.673. The number of carbonyl (C=O) groups excluding carboxylic acids is 1. The van der Waals surface area contributed by atoms with Gasteiger partial charge in [0.15, 0.2) is 5.78 Å². The molecule has 0 bridgehead atoms. The number of carboxylic acid groups (broad SMARTS) is 1. The Labute approximate surface area is 133 Å². The van der Waals surface area contributed by atoms with Crippen LogP contribution in [-0.2, 0) is 0 Å². The monoisotopic (exact) mass is 315 g/mol. The molecule has 0 saturated carbocycles. The number of aromatic carboxylic acids is 1. The molecule has 1 heterocycles. The normalized spacial score (nSPS) is 10.5. The van der Waals surface area contributed by atoms with E-state index in [2.05, 4.69) is 4.98 Å². The first-order valence-corrected chi connectivity index (χ1v) is 7.81. The molecule has 2 rings (SSSR count). The SMILES string of the molecule is Cc1ccc(C(=O)CSc2nc(C)ccc2C(=O)O)c(C)c1. The summed E-state index contributed by atoms with van der Waals surface area (Å²) in [5.74, 6) is -0.892. The summed E-state index contributed by atoms with van der Waals surface area (Å²) >= 11 is 1.16. The molecule has 0 amide bonds. The van der Waals surface area contributed by atoms with Crippen LogP contribution in [-0.4, -0.2) is 27.6 Å². The Bertz CT molecular complexity index is 741. The number of benzene rings is 1. The zero-order chi connectivity index (χ0) is 16.3. The van der Waals surface area contributed by atoms with Gasteiger partial charge in [-0.15, -0.1) is 0 Å². The summed E-state index contributed by atoms with van der Waals surface area (Å²) in [6.07, 6.45) is 0. The smallest absolute Gasteiger partial charge is 0.338 e. The van der Waals surface area contributed by atoms with Crippen molar-refractivity contribution >= 4 is 23.5 Å². The molecule has 0 fully saturated rings. The van der Waals surface area contributed by atoms with E-state index in [1.165, 1.54) is 6.07 Å². The van der Waals surface area contributed by atoms with Gasteiger partial charge in [-0.3, -0.25) is 4.79 Å². The fraction of sp³-hybridized carbons (Fsp3) is 0.235. The van der Waals surface area contributed by atoms with E-state index in [9.17, 15) is 14.7 Å². The van der Waals surface area contributed by atoms with Gasteiger partial charge in [0, 0.05) is 11.3 Å². The maximum Gasteiger partial charge on any atom is 0.338 e. The van der Waals surface area contributed by atoms with Crippen LogP contribution < -0.4 is 0 Å². The number of ketones is 1. The fourth-order valence-corrected chi connectivity index (χ4v) is 3.09. The summed E-state index contributed by atoms with van der Waals surface area (Å²) in [5, 5.41) is 9.56. The lowest BCUT2D eigenvalue weighted by Gasteiger charge is -2.08. The standard InChI is InChI=1S/C17H17NO3S/c1-10-4-6-13(11(2)8-10)15(19)9-22-16-14(17(20)21)7-5-12(3)18-16/h4-8H,9H2,1-3H3,(H,20,21). The van der Waals surface area contributed by atoms with Crippen molar-refractivity contribution in [2.24, 2.45) is 0 Å².